The second-order valence-corrected chi connectivity index (χ2v) is 9.15. The predicted molar refractivity (Wildman–Crippen MR) is 130 cm³/mol. The van der Waals surface area contributed by atoms with Crippen molar-refractivity contribution >= 4 is 40.0 Å². The summed E-state index contributed by atoms with van der Waals surface area (Å²) in [6.45, 7) is 2.12. The quantitative estimate of drug-likeness (QED) is 0.402. The van der Waals surface area contributed by atoms with E-state index < -0.39 is 0 Å². The number of thiocarbonyl (C=S) groups is 1. The molecule has 2 aliphatic rings. The number of fused-ring (bicyclic) bond motifs is 1. The molecule has 5 heteroatoms. The van der Waals surface area contributed by atoms with Gasteiger partial charge in [0.15, 0.2) is 0 Å². The molecule has 1 atom stereocenters. The molecular formula is C26H19NO2S2. The molecular weight excluding hydrogens is 422 g/mol. The molecule has 3 nitrogen and oxygen atoms in total. The number of para-hydroxylation sites is 1. The van der Waals surface area contributed by atoms with Gasteiger partial charge in [-0.2, -0.15) is 0 Å². The van der Waals surface area contributed by atoms with Crippen molar-refractivity contribution < 1.29 is 9.53 Å². The Balaban J connectivity index is 1.80. The van der Waals surface area contributed by atoms with Crippen LogP contribution in [0.15, 0.2) is 95.4 Å². The van der Waals surface area contributed by atoms with Gasteiger partial charge in [-0.25, -0.2) is 0 Å². The number of ether oxygens (including phenoxy) is 1. The fourth-order valence-corrected chi connectivity index (χ4v) is 5.09. The highest BCUT2D eigenvalue weighted by molar-refractivity contribution is 8.26. The maximum absolute atomic E-state index is 12.5. The third-order valence-corrected chi connectivity index (χ3v) is 6.64. The topological polar surface area (TPSA) is 38.3 Å². The maximum Gasteiger partial charge on any atom is 0.263 e. The number of hydrogen-bond acceptors (Lipinski definition) is 4. The zero-order valence-electron chi connectivity index (χ0n) is 16.8. The van der Waals surface area contributed by atoms with Crippen molar-refractivity contribution in [2.75, 3.05) is 0 Å². The molecule has 0 aromatic heterocycles. The third kappa shape index (κ3) is 3.71. The summed E-state index contributed by atoms with van der Waals surface area (Å²) in [5, 5.41) is 2.72. The molecule has 1 saturated heterocycles. The van der Waals surface area contributed by atoms with E-state index in [9.17, 15) is 4.79 Å². The number of thioether (sulfide) groups is 1. The molecule has 0 spiro atoms. The average molecular weight is 442 g/mol. The number of allylic oxidation sites excluding steroid dienone is 2. The van der Waals surface area contributed by atoms with Crippen LogP contribution in [0.1, 0.15) is 28.2 Å². The molecule has 5 rings (SSSR count). The molecule has 152 valence electrons. The van der Waals surface area contributed by atoms with E-state index in [0.717, 1.165) is 28.2 Å². The largest absolute Gasteiger partial charge is 0.456 e. The average Bonchev–Trinajstić information content (AvgIpc) is 3.11. The lowest BCUT2D eigenvalue weighted by Gasteiger charge is -2.31. The van der Waals surface area contributed by atoms with Crippen molar-refractivity contribution in [2.24, 2.45) is 0 Å². The van der Waals surface area contributed by atoms with E-state index >= 15 is 0 Å². The van der Waals surface area contributed by atoms with E-state index in [1.54, 1.807) is 0 Å². The lowest BCUT2D eigenvalue weighted by atomic mass is 9.79. The minimum atomic E-state index is -0.169. The summed E-state index contributed by atoms with van der Waals surface area (Å²) in [6, 6.07) is 26.5. The van der Waals surface area contributed by atoms with Crippen molar-refractivity contribution in [1.29, 1.82) is 0 Å². The van der Waals surface area contributed by atoms with E-state index in [0.29, 0.717) is 9.23 Å². The number of aryl methyl sites for hydroxylation is 1. The Morgan fingerprint density at radius 3 is 2.32 bits per heavy atom. The number of carbonyl (C=O) groups excluding carboxylic acids is 1. The van der Waals surface area contributed by atoms with Gasteiger partial charge in [0.1, 0.15) is 15.8 Å². The van der Waals surface area contributed by atoms with Gasteiger partial charge in [0, 0.05) is 22.6 Å². The summed E-state index contributed by atoms with van der Waals surface area (Å²) in [5.74, 6) is 1.34. The predicted octanol–water partition coefficient (Wildman–Crippen LogP) is 5.96. The van der Waals surface area contributed by atoms with Crippen LogP contribution in [0.5, 0.6) is 5.75 Å². The molecule has 2 aliphatic heterocycles. The van der Waals surface area contributed by atoms with Crippen molar-refractivity contribution in [2.45, 2.75) is 12.8 Å². The lowest BCUT2D eigenvalue weighted by Crippen LogP contribution is -2.19. The molecule has 0 radical (unpaired) electrons. The Kier molecular flexibility index (Phi) is 5.22. The summed E-state index contributed by atoms with van der Waals surface area (Å²) in [7, 11) is 0. The normalized spacial score (nSPS) is 19.3. The highest BCUT2D eigenvalue weighted by Gasteiger charge is 2.33. The lowest BCUT2D eigenvalue weighted by molar-refractivity contribution is -0.115. The molecule has 1 N–H and O–H groups in total. The molecule has 0 unspecified atom stereocenters. The maximum atomic E-state index is 12.5. The monoisotopic (exact) mass is 441 g/mol. The summed E-state index contributed by atoms with van der Waals surface area (Å²) in [5.41, 5.74) is 5.36. The van der Waals surface area contributed by atoms with Crippen LogP contribution in [-0.2, 0) is 4.79 Å². The Bertz CT molecular complexity index is 1260. The van der Waals surface area contributed by atoms with Crippen LogP contribution in [0.25, 0.3) is 5.76 Å². The highest BCUT2D eigenvalue weighted by atomic mass is 32.2. The Hall–Kier alpha value is -3.15. The Morgan fingerprint density at radius 2 is 1.61 bits per heavy atom. The number of rotatable bonds is 3. The first-order chi connectivity index (χ1) is 15.1. The van der Waals surface area contributed by atoms with Crippen LogP contribution in [0.4, 0.5) is 0 Å². The van der Waals surface area contributed by atoms with Gasteiger partial charge in [0.2, 0.25) is 0 Å². The van der Waals surface area contributed by atoms with Gasteiger partial charge >= 0.3 is 0 Å². The number of amides is 1. The highest BCUT2D eigenvalue weighted by Crippen LogP contribution is 2.47. The molecule has 1 amide bonds. The standard InChI is InChI=1S/C26H19NO2S2/c1-16-9-5-6-12-18(16)23-19-13-7-8-14-21(19)29-24(17-10-3-2-4-11-17)20(23)15-22-25(28)27-26(30)31-22/h2-15,23H,1H3,(H,27,28,30)/b22-15+/t23-/m1/s1. The first kappa shape index (κ1) is 19.8. The van der Waals surface area contributed by atoms with Gasteiger partial charge in [-0.15, -0.1) is 0 Å². The van der Waals surface area contributed by atoms with Gasteiger partial charge in [0.05, 0.1) is 4.91 Å². The zero-order valence-corrected chi connectivity index (χ0v) is 18.4. The van der Waals surface area contributed by atoms with Crippen molar-refractivity contribution in [1.82, 2.24) is 5.32 Å². The fourth-order valence-electron chi connectivity index (χ4n) is 4.05. The molecule has 0 aliphatic carbocycles. The van der Waals surface area contributed by atoms with Crippen LogP contribution >= 0.6 is 24.0 Å². The number of nitrogens with one attached hydrogen (secondary N) is 1. The molecule has 2 heterocycles. The number of carbonyl (C=O) groups is 1. The second-order valence-electron chi connectivity index (χ2n) is 7.43. The summed E-state index contributed by atoms with van der Waals surface area (Å²) in [6.07, 6.45) is 1.94. The van der Waals surface area contributed by atoms with Gasteiger partial charge in [-0.1, -0.05) is 96.8 Å². The third-order valence-electron chi connectivity index (χ3n) is 5.48. The van der Waals surface area contributed by atoms with Gasteiger partial charge < -0.3 is 10.1 Å². The molecule has 1 fully saturated rings. The van der Waals surface area contributed by atoms with Crippen LogP contribution < -0.4 is 10.1 Å². The SMILES string of the molecule is Cc1ccccc1[C@H]1C(/C=C2/SC(=S)NC2=O)=C(c2ccccc2)Oc2ccccc21. The smallest absolute Gasteiger partial charge is 0.263 e. The van der Waals surface area contributed by atoms with Crippen molar-refractivity contribution in [3.8, 4) is 5.75 Å². The van der Waals surface area contributed by atoms with Crippen molar-refractivity contribution in [3.05, 3.63) is 118 Å². The van der Waals surface area contributed by atoms with Crippen LogP contribution in [0.2, 0.25) is 0 Å². The summed E-state index contributed by atoms with van der Waals surface area (Å²) in [4.78, 5) is 13.1. The molecule has 3 aromatic rings. The van der Waals surface area contributed by atoms with E-state index in [2.05, 4.69) is 36.5 Å². The number of hydrogen-bond donors (Lipinski definition) is 1. The second kappa shape index (κ2) is 8.17. The first-order valence-electron chi connectivity index (χ1n) is 9.98. The van der Waals surface area contributed by atoms with E-state index in [1.807, 2.05) is 60.7 Å². The zero-order chi connectivity index (χ0) is 21.4. The van der Waals surface area contributed by atoms with Gasteiger partial charge in [0.25, 0.3) is 5.91 Å². The Labute approximate surface area is 190 Å². The summed E-state index contributed by atoms with van der Waals surface area (Å²) >= 11 is 6.50. The Morgan fingerprint density at radius 1 is 0.935 bits per heavy atom. The van der Waals surface area contributed by atoms with Gasteiger partial charge in [-0.05, 0) is 30.2 Å². The molecule has 0 bridgehead atoms. The molecule has 31 heavy (non-hydrogen) atoms. The van der Waals surface area contributed by atoms with Gasteiger partial charge in [-0.3, -0.25) is 4.79 Å². The van der Waals surface area contributed by atoms with Crippen LogP contribution in [-0.4, -0.2) is 10.2 Å². The van der Waals surface area contributed by atoms with E-state index in [1.165, 1.54) is 22.9 Å². The minimum absolute atomic E-state index is 0.0728. The van der Waals surface area contributed by atoms with Crippen LogP contribution in [0, 0.1) is 6.92 Å². The summed E-state index contributed by atoms with van der Waals surface area (Å²) < 4.78 is 6.93. The van der Waals surface area contributed by atoms with Crippen molar-refractivity contribution in [3.63, 3.8) is 0 Å². The molecule has 0 saturated carbocycles. The number of benzene rings is 3. The van der Waals surface area contributed by atoms with E-state index in [-0.39, 0.29) is 11.8 Å². The minimum Gasteiger partial charge on any atom is -0.456 e. The van der Waals surface area contributed by atoms with Crippen LogP contribution in [0.3, 0.4) is 0 Å². The van der Waals surface area contributed by atoms with E-state index in [4.69, 9.17) is 17.0 Å². The first-order valence-corrected chi connectivity index (χ1v) is 11.2. The molecule has 3 aromatic carbocycles. The fraction of sp³-hybridized carbons (Fsp3) is 0.0769.